The molecule has 1 aromatic rings. The molecule has 1 saturated heterocycles. The van der Waals surface area contributed by atoms with Gasteiger partial charge in [0.1, 0.15) is 5.76 Å². The number of ether oxygens (including phenoxy) is 1. The van der Waals surface area contributed by atoms with Crippen LogP contribution in [0.3, 0.4) is 0 Å². The van der Waals surface area contributed by atoms with E-state index >= 15 is 0 Å². The molecule has 1 unspecified atom stereocenters. The summed E-state index contributed by atoms with van der Waals surface area (Å²) < 4.78 is 10.8. The summed E-state index contributed by atoms with van der Waals surface area (Å²) in [5, 5.41) is 0.759. The first-order valence-electron chi connectivity index (χ1n) is 4.47. The molecule has 2 rings (SSSR count). The summed E-state index contributed by atoms with van der Waals surface area (Å²) in [6, 6.07) is 0. The lowest BCUT2D eigenvalue weighted by atomic mass is 9.98. The predicted molar refractivity (Wildman–Crippen MR) is 51.9 cm³/mol. The molecule has 1 aliphatic heterocycles. The number of aromatic nitrogens is 1. The van der Waals surface area contributed by atoms with Crippen molar-refractivity contribution in [3.8, 4) is 0 Å². The highest BCUT2D eigenvalue weighted by atomic mass is 79.9. The third-order valence-corrected chi connectivity index (χ3v) is 2.86. The first kappa shape index (κ1) is 9.21. The molecule has 0 aliphatic carbocycles. The normalized spacial score (nSPS) is 23.3. The summed E-state index contributed by atoms with van der Waals surface area (Å²) in [6.45, 7) is 1.66. The smallest absolute Gasteiger partial charge is 0.181 e. The highest BCUT2D eigenvalue weighted by Crippen LogP contribution is 2.28. The highest BCUT2D eigenvalue weighted by Gasteiger charge is 2.22. The Bertz CT molecular complexity index is 268. The van der Waals surface area contributed by atoms with Crippen molar-refractivity contribution in [1.29, 1.82) is 0 Å². The molecule has 0 amide bonds. The minimum absolute atomic E-state index is 0.406. The minimum Gasteiger partial charge on any atom is -0.448 e. The van der Waals surface area contributed by atoms with Crippen molar-refractivity contribution in [3.05, 3.63) is 17.8 Å². The zero-order chi connectivity index (χ0) is 9.10. The van der Waals surface area contributed by atoms with Crippen LogP contribution in [0.4, 0.5) is 0 Å². The van der Waals surface area contributed by atoms with Crippen molar-refractivity contribution in [1.82, 2.24) is 4.98 Å². The van der Waals surface area contributed by atoms with E-state index in [9.17, 15) is 0 Å². The molecule has 1 atom stereocenters. The zero-order valence-corrected chi connectivity index (χ0v) is 8.92. The van der Waals surface area contributed by atoms with E-state index in [4.69, 9.17) is 9.15 Å². The molecule has 72 valence electrons. The molecule has 2 heterocycles. The number of oxazole rings is 1. The maximum atomic E-state index is 5.40. The largest absolute Gasteiger partial charge is 0.448 e. The van der Waals surface area contributed by atoms with Gasteiger partial charge < -0.3 is 9.15 Å². The van der Waals surface area contributed by atoms with Crippen LogP contribution in [0.5, 0.6) is 0 Å². The first-order valence-corrected chi connectivity index (χ1v) is 5.60. The van der Waals surface area contributed by atoms with Crippen molar-refractivity contribution in [2.75, 3.05) is 13.2 Å². The zero-order valence-electron chi connectivity index (χ0n) is 7.33. The molecule has 3 nitrogen and oxygen atoms in total. The topological polar surface area (TPSA) is 35.3 Å². The average Bonchev–Trinajstić information content (AvgIpc) is 2.67. The van der Waals surface area contributed by atoms with Crippen LogP contribution in [0.25, 0.3) is 0 Å². The molecule has 1 aromatic heterocycles. The molecule has 0 radical (unpaired) electrons. The van der Waals surface area contributed by atoms with Gasteiger partial charge in [-0.25, -0.2) is 4.98 Å². The van der Waals surface area contributed by atoms with Gasteiger partial charge in [-0.1, -0.05) is 15.9 Å². The second kappa shape index (κ2) is 4.24. The van der Waals surface area contributed by atoms with Gasteiger partial charge >= 0.3 is 0 Å². The van der Waals surface area contributed by atoms with Crippen LogP contribution in [0.15, 0.2) is 10.8 Å². The van der Waals surface area contributed by atoms with E-state index in [0.717, 1.165) is 42.8 Å². The Kier molecular flexibility index (Phi) is 3.01. The Hall–Kier alpha value is -0.350. The van der Waals surface area contributed by atoms with Crippen molar-refractivity contribution in [2.45, 2.75) is 24.1 Å². The summed E-state index contributed by atoms with van der Waals surface area (Å²) in [4.78, 5) is 4.14. The van der Waals surface area contributed by atoms with Crippen LogP contribution < -0.4 is 0 Å². The summed E-state index contributed by atoms with van der Waals surface area (Å²) >= 11 is 3.39. The van der Waals surface area contributed by atoms with Gasteiger partial charge in [0.05, 0.1) is 12.3 Å². The lowest BCUT2D eigenvalue weighted by molar-refractivity contribution is 0.0739. The van der Waals surface area contributed by atoms with Gasteiger partial charge in [0, 0.05) is 17.9 Å². The van der Waals surface area contributed by atoms with E-state index in [1.54, 1.807) is 0 Å². The van der Waals surface area contributed by atoms with Gasteiger partial charge in [-0.3, -0.25) is 0 Å². The highest BCUT2D eigenvalue weighted by molar-refractivity contribution is 9.08. The molecule has 0 bridgehead atoms. The van der Waals surface area contributed by atoms with Crippen LogP contribution in [0.2, 0.25) is 0 Å². The second-order valence-corrected chi connectivity index (χ2v) is 3.77. The molecule has 0 aromatic carbocycles. The summed E-state index contributed by atoms with van der Waals surface area (Å²) in [5.41, 5.74) is 1.01. The van der Waals surface area contributed by atoms with Crippen LogP contribution in [0, 0.1) is 0 Å². The van der Waals surface area contributed by atoms with Crippen LogP contribution in [-0.4, -0.2) is 18.2 Å². The van der Waals surface area contributed by atoms with E-state index < -0.39 is 0 Å². The average molecular weight is 246 g/mol. The third-order valence-electron chi connectivity index (χ3n) is 2.33. The fraction of sp³-hybridized carbons (Fsp3) is 0.667. The molecular formula is C9H12BrNO2. The Morgan fingerprint density at radius 3 is 3.23 bits per heavy atom. The van der Waals surface area contributed by atoms with Crippen molar-refractivity contribution in [3.63, 3.8) is 0 Å². The Morgan fingerprint density at radius 1 is 1.62 bits per heavy atom. The Balaban J connectivity index is 2.13. The molecule has 0 saturated carbocycles. The van der Waals surface area contributed by atoms with Gasteiger partial charge in [-0.2, -0.15) is 0 Å². The van der Waals surface area contributed by atoms with Gasteiger partial charge in [-0.05, 0) is 12.8 Å². The molecule has 13 heavy (non-hydrogen) atoms. The van der Waals surface area contributed by atoms with Gasteiger partial charge in [-0.15, -0.1) is 0 Å². The number of alkyl halides is 1. The Morgan fingerprint density at radius 2 is 2.54 bits per heavy atom. The summed E-state index contributed by atoms with van der Waals surface area (Å²) in [7, 11) is 0. The standard InChI is InChI=1S/C9H12BrNO2/c10-4-8-9(13-6-11-8)7-2-1-3-12-5-7/h6-7H,1-5H2. The summed E-state index contributed by atoms with van der Waals surface area (Å²) in [6.07, 6.45) is 3.78. The monoisotopic (exact) mass is 245 g/mol. The molecule has 1 fully saturated rings. The Labute approximate surface area is 85.6 Å². The van der Waals surface area contributed by atoms with E-state index in [1.165, 1.54) is 6.39 Å². The predicted octanol–water partition coefficient (Wildman–Crippen LogP) is 2.46. The van der Waals surface area contributed by atoms with Crippen molar-refractivity contribution < 1.29 is 9.15 Å². The quantitative estimate of drug-likeness (QED) is 0.752. The van der Waals surface area contributed by atoms with E-state index in [-0.39, 0.29) is 0 Å². The number of rotatable bonds is 2. The third kappa shape index (κ3) is 1.94. The van der Waals surface area contributed by atoms with Crippen LogP contribution in [-0.2, 0) is 10.1 Å². The lowest BCUT2D eigenvalue weighted by Crippen LogP contribution is -2.15. The fourth-order valence-corrected chi connectivity index (χ4v) is 2.08. The lowest BCUT2D eigenvalue weighted by Gasteiger charge is -2.20. The number of halogens is 1. The molecule has 0 spiro atoms. The van der Waals surface area contributed by atoms with Crippen LogP contribution in [0.1, 0.15) is 30.2 Å². The van der Waals surface area contributed by atoms with E-state index in [2.05, 4.69) is 20.9 Å². The molecule has 1 aliphatic rings. The molecule has 0 N–H and O–H groups in total. The van der Waals surface area contributed by atoms with E-state index in [1.807, 2.05) is 0 Å². The number of nitrogens with zero attached hydrogens (tertiary/aromatic N) is 1. The van der Waals surface area contributed by atoms with E-state index in [0.29, 0.717) is 5.92 Å². The minimum atomic E-state index is 0.406. The fourth-order valence-electron chi connectivity index (χ4n) is 1.66. The van der Waals surface area contributed by atoms with Crippen LogP contribution >= 0.6 is 15.9 Å². The number of hydrogen-bond acceptors (Lipinski definition) is 3. The first-order chi connectivity index (χ1) is 6.42. The van der Waals surface area contributed by atoms with Gasteiger partial charge in [0.15, 0.2) is 6.39 Å². The molecular weight excluding hydrogens is 234 g/mol. The van der Waals surface area contributed by atoms with Crippen molar-refractivity contribution in [2.24, 2.45) is 0 Å². The number of hydrogen-bond donors (Lipinski definition) is 0. The van der Waals surface area contributed by atoms with Gasteiger partial charge in [0.25, 0.3) is 0 Å². The van der Waals surface area contributed by atoms with Gasteiger partial charge in [0.2, 0.25) is 0 Å². The summed E-state index contributed by atoms with van der Waals surface area (Å²) in [5.74, 6) is 1.40. The second-order valence-electron chi connectivity index (χ2n) is 3.21. The maximum Gasteiger partial charge on any atom is 0.181 e. The SMILES string of the molecule is BrCc1ncoc1C1CCCOC1. The molecule has 4 heteroatoms. The maximum absolute atomic E-state index is 5.40. The van der Waals surface area contributed by atoms with Crippen molar-refractivity contribution >= 4 is 15.9 Å².